The van der Waals surface area contributed by atoms with Gasteiger partial charge in [-0.1, -0.05) is 0 Å². The number of carbonyl (C=O) groups is 1. The Bertz CT molecular complexity index is 158. The van der Waals surface area contributed by atoms with Crippen molar-refractivity contribution in [2.45, 2.75) is 18.9 Å². The summed E-state index contributed by atoms with van der Waals surface area (Å²) >= 11 is 0. The Kier molecular flexibility index (Phi) is 1.38. The molecule has 2 heterocycles. The summed E-state index contributed by atoms with van der Waals surface area (Å²) in [4.78, 5) is 13.4. The predicted octanol–water partition coefficient (Wildman–Crippen LogP) is -0.419. The van der Waals surface area contributed by atoms with Crippen LogP contribution in [0.4, 0.5) is 0 Å². The number of amides is 1. The molecule has 10 heavy (non-hydrogen) atoms. The van der Waals surface area contributed by atoms with E-state index in [4.69, 9.17) is 0 Å². The van der Waals surface area contributed by atoms with Gasteiger partial charge in [0.1, 0.15) is 0 Å². The van der Waals surface area contributed by atoms with Crippen LogP contribution in [0.5, 0.6) is 0 Å². The minimum atomic E-state index is 0.216. The van der Waals surface area contributed by atoms with Gasteiger partial charge in [-0.3, -0.25) is 9.69 Å². The lowest BCUT2D eigenvalue weighted by Gasteiger charge is -2.28. The van der Waals surface area contributed by atoms with Crippen LogP contribution in [0.3, 0.4) is 0 Å². The molecule has 1 amide bonds. The van der Waals surface area contributed by atoms with E-state index in [1.165, 1.54) is 6.42 Å². The van der Waals surface area contributed by atoms with E-state index in [9.17, 15) is 4.79 Å². The average molecular weight is 140 g/mol. The molecule has 2 saturated heterocycles. The van der Waals surface area contributed by atoms with Gasteiger partial charge >= 0.3 is 0 Å². The van der Waals surface area contributed by atoms with E-state index in [1.807, 2.05) is 0 Å². The molecule has 2 aliphatic rings. The Morgan fingerprint density at radius 2 is 2.40 bits per heavy atom. The monoisotopic (exact) mass is 140 g/mol. The third-order valence-corrected chi connectivity index (χ3v) is 2.36. The molecular weight excluding hydrogens is 128 g/mol. The Hall–Kier alpha value is -0.570. The molecule has 0 saturated carbocycles. The molecule has 0 aromatic heterocycles. The summed E-state index contributed by atoms with van der Waals surface area (Å²) in [6.45, 7) is 3.02. The van der Waals surface area contributed by atoms with Crippen LogP contribution in [0, 0.1) is 0 Å². The smallest absolute Gasteiger partial charge is 0.237 e. The van der Waals surface area contributed by atoms with E-state index < -0.39 is 0 Å². The largest absolute Gasteiger partial charge is 0.353 e. The standard InChI is InChI=1S/C7H12N2O/c10-7-6-2-1-4-9(6)5-3-8-7/h6H,1-5H2,(H,8,10)/t6-/m1/s1. The Morgan fingerprint density at radius 3 is 3.20 bits per heavy atom. The summed E-state index contributed by atoms with van der Waals surface area (Å²) in [7, 11) is 0. The molecule has 2 fully saturated rings. The first-order valence-corrected chi connectivity index (χ1v) is 3.90. The molecule has 0 spiro atoms. The van der Waals surface area contributed by atoms with Gasteiger partial charge in [-0.05, 0) is 19.4 Å². The van der Waals surface area contributed by atoms with E-state index in [-0.39, 0.29) is 11.9 Å². The summed E-state index contributed by atoms with van der Waals surface area (Å²) in [5, 5.41) is 2.87. The quantitative estimate of drug-likeness (QED) is 0.495. The summed E-state index contributed by atoms with van der Waals surface area (Å²) in [6.07, 6.45) is 2.25. The fraction of sp³-hybridized carbons (Fsp3) is 0.857. The van der Waals surface area contributed by atoms with Crippen molar-refractivity contribution in [2.24, 2.45) is 0 Å². The van der Waals surface area contributed by atoms with E-state index in [0.717, 1.165) is 26.1 Å². The van der Waals surface area contributed by atoms with Crippen molar-refractivity contribution in [2.75, 3.05) is 19.6 Å². The van der Waals surface area contributed by atoms with E-state index in [1.54, 1.807) is 0 Å². The second-order valence-electron chi connectivity index (χ2n) is 2.99. The molecule has 0 bridgehead atoms. The van der Waals surface area contributed by atoms with E-state index >= 15 is 0 Å². The predicted molar refractivity (Wildman–Crippen MR) is 37.6 cm³/mol. The molecule has 2 rings (SSSR count). The highest BCUT2D eigenvalue weighted by Crippen LogP contribution is 2.18. The number of piperazine rings is 1. The van der Waals surface area contributed by atoms with E-state index in [2.05, 4.69) is 10.2 Å². The van der Waals surface area contributed by atoms with Crippen LogP contribution in [-0.4, -0.2) is 36.5 Å². The number of hydrogen-bond acceptors (Lipinski definition) is 2. The highest BCUT2D eigenvalue weighted by atomic mass is 16.2. The fourth-order valence-electron chi connectivity index (χ4n) is 1.83. The summed E-state index contributed by atoms with van der Waals surface area (Å²) in [5.74, 6) is 0.240. The lowest BCUT2D eigenvalue weighted by Crippen LogP contribution is -2.51. The molecular formula is C7H12N2O. The van der Waals surface area contributed by atoms with Crippen LogP contribution in [0.15, 0.2) is 0 Å². The van der Waals surface area contributed by atoms with Crippen molar-refractivity contribution in [1.29, 1.82) is 0 Å². The number of fused-ring (bicyclic) bond motifs is 1. The molecule has 1 atom stereocenters. The number of carbonyl (C=O) groups excluding carboxylic acids is 1. The maximum absolute atomic E-state index is 11.1. The zero-order valence-corrected chi connectivity index (χ0v) is 5.97. The van der Waals surface area contributed by atoms with Gasteiger partial charge < -0.3 is 5.32 Å². The molecule has 3 heteroatoms. The van der Waals surface area contributed by atoms with Gasteiger partial charge in [-0.2, -0.15) is 0 Å². The van der Waals surface area contributed by atoms with Crippen molar-refractivity contribution in [3.8, 4) is 0 Å². The first kappa shape index (κ1) is 6.16. The van der Waals surface area contributed by atoms with Crippen molar-refractivity contribution in [3.05, 3.63) is 0 Å². The van der Waals surface area contributed by atoms with Gasteiger partial charge in [-0.25, -0.2) is 0 Å². The molecule has 0 aromatic rings. The Balaban J connectivity index is 2.10. The van der Waals surface area contributed by atoms with Crippen molar-refractivity contribution >= 4 is 5.91 Å². The highest BCUT2D eigenvalue weighted by molar-refractivity contribution is 5.82. The second kappa shape index (κ2) is 2.23. The zero-order chi connectivity index (χ0) is 6.97. The first-order chi connectivity index (χ1) is 4.88. The molecule has 0 radical (unpaired) electrons. The maximum Gasteiger partial charge on any atom is 0.237 e. The SMILES string of the molecule is O=C1NCCN2CCC[C@H]12. The van der Waals surface area contributed by atoms with Gasteiger partial charge in [0.15, 0.2) is 0 Å². The van der Waals surface area contributed by atoms with Crippen molar-refractivity contribution < 1.29 is 4.79 Å². The second-order valence-corrected chi connectivity index (χ2v) is 2.99. The average Bonchev–Trinajstić information content (AvgIpc) is 2.36. The van der Waals surface area contributed by atoms with Crippen molar-refractivity contribution in [1.82, 2.24) is 10.2 Å². The Labute approximate surface area is 60.4 Å². The van der Waals surface area contributed by atoms with Crippen LogP contribution < -0.4 is 5.32 Å². The molecule has 0 unspecified atom stereocenters. The molecule has 2 aliphatic heterocycles. The van der Waals surface area contributed by atoms with Gasteiger partial charge in [0, 0.05) is 13.1 Å². The van der Waals surface area contributed by atoms with Crippen LogP contribution in [0.2, 0.25) is 0 Å². The third-order valence-electron chi connectivity index (χ3n) is 2.36. The molecule has 0 aromatic carbocycles. The number of nitrogens with zero attached hydrogens (tertiary/aromatic N) is 1. The van der Waals surface area contributed by atoms with Crippen LogP contribution in [0.25, 0.3) is 0 Å². The molecule has 56 valence electrons. The van der Waals surface area contributed by atoms with Crippen LogP contribution in [-0.2, 0) is 4.79 Å². The zero-order valence-electron chi connectivity index (χ0n) is 5.97. The summed E-state index contributed by atoms with van der Waals surface area (Å²) in [5.41, 5.74) is 0. The van der Waals surface area contributed by atoms with E-state index in [0.29, 0.717) is 0 Å². The van der Waals surface area contributed by atoms with Crippen molar-refractivity contribution in [3.63, 3.8) is 0 Å². The first-order valence-electron chi connectivity index (χ1n) is 3.90. The third kappa shape index (κ3) is 0.814. The highest BCUT2D eigenvalue weighted by Gasteiger charge is 2.32. The topological polar surface area (TPSA) is 32.3 Å². The minimum absolute atomic E-state index is 0.216. The normalized spacial score (nSPS) is 33.6. The molecule has 3 nitrogen and oxygen atoms in total. The fourth-order valence-corrected chi connectivity index (χ4v) is 1.83. The lowest BCUT2D eigenvalue weighted by molar-refractivity contribution is -0.127. The minimum Gasteiger partial charge on any atom is -0.353 e. The maximum atomic E-state index is 11.1. The summed E-state index contributed by atoms with van der Waals surface area (Å²) < 4.78 is 0. The number of rotatable bonds is 0. The van der Waals surface area contributed by atoms with Gasteiger partial charge in [-0.15, -0.1) is 0 Å². The lowest BCUT2D eigenvalue weighted by atomic mass is 10.2. The van der Waals surface area contributed by atoms with Gasteiger partial charge in [0.2, 0.25) is 5.91 Å². The number of nitrogens with one attached hydrogen (secondary N) is 1. The molecule has 1 N–H and O–H groups in total. The summed E-state index contributed by atoms with van der Waals surface area (Å²) in [6, 6.07) is 0.216. The van der Waals surface area contributed by atoms with Crippen LogP contribution >= 0.6 is 0 Å². The Morgan fingerprint density at radius 1 is 1.50 bits per heavy atom. The van der Waals surface area contributed by atoms with Gasteiger partial charge in [0.25, 0.3) is 0 Å². The van der Waals surface area contributed by atoms with Crippen LogP contribution in [0.1, 0.15) is 12.8 Å². The van der Waals surface area contributed by atoms with Gasteiger partial charge in [0.05, 0.1) is 6.04 Å². The number of hydrogen-bond donors (Lipinski definition) is 1. The molecule has 0 aliphatic carbocycles.